The molecule has 1 N–H and O–H groups in total. The van der Waals surface area contributed by atoms with E-state index in [1.54, 1.807) is 19.1 Å². The number of aryl methyl sites for hydroxylation is 1. The van der Waals surface area contributed by atoms with E-state index in [2.05, 4.69) is 5.32 Å². The monoisotopic (exact) mass is 524 g/mol. The highest BCUT2D eigenvalue weighted by molar-refractivity contribution is 6.00. The van der Waals surface area contributed by atoms with Gasteiger partial charge in [-0.25, -0.2) is 4.98 Å². The highest BCUT2D eigenvalue weighted by Crippen LogP contribution is 2.31. The van der Waals surface area contributed by atoms with Gasteiger partial charge in [0.15, 0.2) is 0 Å². The maximum Gasteiger partial charge on any atom is 0.254 e. The summed E-state index contributed by atoms with van der Waals surface area (Å²) in [6.45, 7) is 2.41. The van der Waals surface area contributed by atoms with E-state index in [1.165, 1.54) is 0 Å². The van der Waals surface area contributed by atoms with E-state index in [0.717, 1.165) is 35.4 Å². The van der Waals surface area contributed by atoms with Crippen molar-refractivity contribution >= 4 is 17.8 Å². The number of aromatic nitrogens is 2. The second-order valence-corrected chi connectivity index (χ2v) is 9.74. The number of hydrogen-bond donors (Lipinski definition) is 1. The number of carbonyl (C=O) groups is 2. The van der Waals surface area contributed by atoms with Crippen LogP contribution in [0.4, 0.5) is 5.95 Å². The van der Waals surface area contributed by atoms with Crippen molar-refractivity contribution in [3.63, 3.8) is 0 Å². The zero-order chi connectivity index (χ0) is 27.4. The zero-order valence-electron chi connectivity index (χ0n) is 22.4. The van der Waals surface area contributed by atoms with Crippen LogP contribution in [0, 0.1) is 12.8 Å². The van der Waals surface area contributed by atoms with Crippen LogP contribution >= 0.6 is 0 Å². The van der Waals surface area contributed by atoms with Gasteiger partial charge in [0, 0.05) is 29.6 Å². The van der Waals surface area contributed by atoms with E-state index in [1.807, 2.05) is 90.5 Å². The first-order valence-electron chi connectivity index (χ1n) is 13.0. The average Bonchev–Trinajstić information content (AvgIpc) is 3.69. The van der Waals surface area contributed by atoms with Gasteiger partial charge < -0.3 is 14.4 Å². The molecule has 1 aliphatic rings. The molecule has 1 fully saturated rings. The summed E-state index contributed by atoms with van der Waals surface area (Å²) in [6.07, 6.45) is 4.02. The predicted octanol–water partition coefficient (Wildman–Crippen LogP) is 5.36. The van der Waals surface area contributed by atoms with Crippen molar-refractivity contribution in [2.24, 2.45) is 5.92 Å². The maximum absolute atomic E-state index is 13.4. The summed E-state index contributed by atoms with van der Waals surface area (Å²) in [5.41, 5.74) is 3.83. The lowest BCUT2D eigenvalue weighted by atomic mass is 10.1. The number of rotatable bonds is 10. The van der Waals surface area contributed by atoms with Crippen molar-refractivity contribution in [3.05, 3.63) is 90.1 Å². The molecule has 5 rings (SSSR count). The molecule has 0 saturated heterocycles. The Kier molecular flexibility index (Phi) is 7.63. The number of nitrogens with one attached hydrogen (secondary N) is 1. The Labute approximate surface area is 228 Å². The number of hydrogen-bond acceptors (Lipinski definition) is 5. The fourth-order valence-corrected chi connectivity index (χ4v) is 4.48. The molecule has 0 bridgehead atoms. The average molecular weight is 525 g/mol. The van der Waals surface area contributed by atoms with Crippen LogP contribution in [0.15, 0.2) is 79.0 Å². The van der Waals surface area contributed by atoms with Gasteiger partial charge in [-0.2, -0.15) is 0 Å². The van der Waals surface area contributed by atoms with Gasteiger partial charge in [-0.1, -0.05) is 30.3 Å². The van der Waals surface area contributed by atoms with E-state index < -0.39 is 0 Å². The Morgan fingerprint density at radius 3 is 2.41 bits per heavy atom. The zero-order valence-corrected chi connectivity index (χ0v) is 22.4. The maximum atomic E-state index is 13.4. The van der Waals surface area contributed by atoms with Gasteiger partial charge in [-0.3, -0.25) is 19.5 Å². The van der Waals surface area contributed by atoms with E-state index in [-0.39, 0.29) is 18.4 Å². The quantitative estimate of drug-likeness (QED) is 0.302. The Morgan fingerprint density at radius 1 is 0.974 bits per heavy atom. The standard InChI is InChI=1S/C31H32N4O4/c1-21-7-4-5-10-27(21)30(37)34(18-22-11-12-22)20-29(36)33-31-32-28(23-8-6-9-26(17-23)39-3)19-35(31)24-13-15-25(38-2)16-14-24/h4-10,13-17,19,22H,11-12,18,20H2,1-3H3,(H,32,33,36). The lowest BCUT2D eigenvalue weighted by Crippen LogP contribution is -2.40. The second kappa shape index (κ2) is 11.4. The molecule has 0 spiro atoms. The fourth-order valence-electron chi connectivity index (χ4n) is 4.48. The number of imidazole rings is 1. The third kappa shape index (κ3) is 6.12. The largest absolute Gasteiger partial charge is 0.497 e. The molecule has 0 radical (unpaired) electrons. The fraction of sp³-hybridized carbons (Fsp3) is 0.258. The molecule has 1 saturated carbocycles. The summed E-state index contributed by atoms with van der Waals surface area (Å²) < 4.78 is 12.5. The molecule has 39 heavy (non-hydrogen) atoms. The van der Waals surface area contributed by atoms with Crippen molar-refractivity contribution in [1.82, 2.24) is 14.5 Å². The van der Waals surface area contributed by atoms with Crippen LogP contribution in [0.5, 0.6) is 11.5 Å². The van der Waals surface area contributed by atoms with Crippen molar-refractivity contribution < 1.29 is 19.1 Å². The van der Waals surface area contributed by atoms with Gasteiger partial charge in [0.05, 0.1) is 19.9 Å². The Balaban J connectivity index is 1.43. The molecule has 1 aromatic heterocycles. The van der Waals surface area contributed by atoms with Crippen LogP contribution in [0.25, 0.3) is 16.9 Å². The lowest BCUT2D eigenvalue weighted by Gasteiger charge is -2.23. The molecule has 1 heterocycles. The summed E-state index contributed by atoms with van der Waals surface area (Å²) in [4.78, 5) is 33.2. The second-order valence-electron chi connectivity index (χ2n) is 9.74. The third-order valence-electron chi connectivity index (χ3n) is 6.85. The van der Waals surface area contributed by atoms with Crippen LogP contribution in [0.1, 0.15) is 28.8 Å². The number of methoxy groups -OCH3 is 2. The highest BCUT2D eigenvalue weighted by atomic mass is 16.5. The molecule has 8 heteroatoms. The molecule has 0 aliphatic heterocycles. The molecule has 200 valence electrons. The van der Waals surface area contributed by atoms with E-state index in [0.29, 0.717) is 35.4 Å². The van der Waals surface area contributed by atoms with Crippen LogP contribution < -0.4 is 14.8 Å². The third-order valence-corrected chi connectivity index (χ3v) is 6.85. The van der Waals surface area contributed by atoms with Gasteiger partial charge in [0.2, 0.25) is 11.9 Å². The van der Waals surface area contributed by atoms with Crippen molar-refractivity contribution in [2.45, 2.75) is 19.8 Å². The van der Waals surface area contributed by atoms with Crippen LogP contribution in [-0.2, 0) is 4.79 Å². The predicted molar refractivity (Wildman–Crippen MR) is 151 cm³/mol. The minimum atomic E-state index is -0.310. The normalized spacial score (nSPS) is 12.6. The minimum absolute atomic E-state index is 0.0619. The van der Waals surface area contributed by atoms with E-state index >= 15 is 0 Å². The highest BCUT2D eigenvalue weighted by Gasteiger charge is 2.29. The molecular formula is C31H32N4O4. The smallest absolute Gasteiger partial charge is 0.254 e. The molecule has 0 atom stereocenters. The summed E-state index contributed by atoms with van der Waals surface area (Å²) in [5.74, 6) is 1.79. The van der Waals surface area contributed by atoms with Crippen LogP contribution in [0.3, 0.4) is 0 Å². The first kappa shape index (κ1) is 26.0. The van der Waals surface area contributed by atoms with Gasteiger partial charge >= 0.3 is 0 Å². The lowest BCUT2D eigenvalue weighted by molar-refractivity contribution is -0.117. The molecule has 8 nitrogen and oxygen atoms in total. The van der Waals surface area contributed by atoms with Crippen molar-refractivity contribution in [1.29, 1.82) is 0 Å². The Hall–Kier alpha value is -4.59. The van der Waals surface area contributed by atoms with E-state index in [9.17, 15) is 9.59 Å². The number of benzene rings is 3. The number of nitrogens with zero attached hydrogens (tertiary/aromatic N) is 3. The molecule has 1 aliphatic carbocycles. The molecule has 4 aromatic rings. The topological polar surface area (TPSA) is 85.7 Å². The van der Waals surface area contributed by atoms with Crippen LogP contribution in [0.2, 0.25) is 0 Å². The SMILES string of the molecule is COc1ccc(-n2cc(-c3cccc(OC)c3)nc2NC(=O)CN(CC2CC2)C(=O)c2ccccc2C)cc1. The van der Waals surface area contributed by atoms with E-state index in [4.69, 9.17) is 14.5 Å². The first-order chi connectivity index (χ1) is 18.9. The molecule has 3 aromatic carbocycles. The summed E-state index contributed by atoms with van der Waals surface area (Å²) >= 11 is 0. The van der Waals surface area contributed by atoms with Gasteiger partial charge in [-0.15, -0.1) is 0 Å². The minimum Gasteiger partial charge on any atom is -0.497 e. The number of amides is 2. The molecule has 0 unspecified atom stereocenters. The summed E-state index contributed by atoms with van der Waals surface area (Å²) in [5, 5.41) is 2.96. The first-order valence-corrected chi connectivity index (χ1v) is 13.0. The summed E-state index contributed by atoms with van der Waals surface area (Å²) in [6, 6.07) is 22.6. The van der Waals surface area contributed by atoms with Gasteiger partial charge in [-0.05, 0) is 73.7 Å². The Morgan fingerprint density at radius 2 is 1.72 bits per heavy atom. The molecule has 2 amide bonds. The van der Waals surface area contributed by atoms with Crippen molar-refractivity contribution in [2.75, 3.05) is 32.6 Å². The van der Waals surface area contributed by atoms with Gasteiger partial charge in [0.25, 0.3) is 5.91 Å². The van der Waals surface area contributed by atoms with Crippen molar-refractivity contribution in [3.8, 4) is 28.4 Å². The number of carbonyl (C=O) groups excluding carboxylic acids is 2. The number of ether oxygens (including phenoxy) is 2. The molecular weight excluding hydrogens is 492 g/mol. The van der Waals surface area contributed by atoms with Gasteiger partial charge in [0.1, 0.15) is 18.0 Å². The summed E-state index contributed by atoms with van der Waals surface area (Å²) in [7, 11) is 3.23. The van der Waals surface area contributed by atoms with Crippen LogP contribution in [-0.4, -0.2) is 53.6 Å². The Bertz CT molecular complexity index is 1470. The number of anilines is 1.